The fourth-order valence-electron chi connectivity index (χ4n) is 1.76. The standard InChI is InChI=1S/C10H14N2S/c13-9-1-2-10(12-7-9)8-3-5-11-6-4-8/h1-2,7-8,11,13H,3-6H2. The summed E-state index contributed by atoms with van der Waals surface area (Å²) in [5.41, 5.74) is 1.22. The van der Waals surface area contributed by atoms with Gasteiger partial charge in [0, 0.05) is 22.7 Å². The molecule has 1 aliphatic rings. The van der Waals surface area contributed by atoms with Gasteiger partial charge in [-0.25, -0.2) is 0 Å². The van der Waals surface area contributed by atoms with Crippen LogP contribution in [-0.2, 0) is 0 Å². The zero-order valence-electron chi connectivity index (χ0n) is 7.53. The van der Waals surface area contributed by atoms with E-state index in [2.05, 4.69) is 29.0 Å². The molecule has 0 saturated carbocycles. The number of hydrogen-bond acceptors (Lipinski definition) is 3. The quantitative estimate of drug-likeness (QED) is 0.667. The lowest BCUT2D eigenvalue weighted by atomic mass is 9.94. The zero-order valence-corrected chi connectivity index (χ0v) is 8.43. The Bertz CT molecular complexity index is 265. The third-order valence-corrected chi connectivity index (χ3v) is 2.79. The maximum Gasteiger partial charge on any atom is 0.0436 e. The van der Waals surface area contributed by atoms with Crippen LogP contribution in [0.15, 0.2) is 23.2 Å². The topological polar surface area (TPSA) is 24.9 Å². The van der Waals surface area contributed by atoms with E-state index in [9.17, 15) is 0 Å². The van der Waals surface area contributed by atoms with Gasteiger partial charge in [-0.05, 0) is 38.1 Å². The number of thiol groups is 1. The Morgan fingerprint density at radius 1 is 1.31 bits per heavy atom. The van der Waals surface area contributed by atoms with Crippen LogP contribution in [0.4, 0.5) is 0 Å². The van der Waals surface area contributed by atoms with Crippen LogP contribution in [0, 0.1) is 0 Å². The van der Waals surface area contributed by atoms with E-state index in [4.69, 9.17) is 0 Å². The maximum atomic E-state index is 4.40. The monoisotopic (exact) mass is 194 g/mol. The van der Waals surface area contributed by atoms with Crippen molar-refractivity contribution >= 4 is 12.6 Å². The van der Waals surface area contributed by atoms with E-state index in [1.165, 1.54) is 18.5 Å². The van der Waals surface area contributed by atoms with E-state index in [1.54, 1.807) is 0 Å². The average molecular weight is 194 g/mol. The molecule has 0 unspecified atom stereocenters. The first-order chi connectivity index (χ1) is 6.36. The van der Waals surface area contributed by atoms with Crippen molar-refractivity contribution in [2.45, 2.75) is 23.7 Å². The molecule has 3 heteroatoms. The van der Waals surface area contributed by atoms with E-state index in [1.807, 2.05) is 12.3 Å². The van der Waals surface area contributed by atoms with E-state index in [0.29, 0.717) is 5.92 Å². The molecule has 0 bridgehead atoms. The average Bonchev–Trinajstić information content (AvgIpc) is 2.20. The molecule has 1 aromatic heterocycles. The molecule has 2 rings (SSSR count). The predicted molar refractivity (Wildman–Crippen MR) is 56.3 cm³/mol. The number of hydrogen-bond donors (Lipinski definition) is 2. The molecule has 0 spiro atoms. The van der Waals surface area contributed by atoms with Crippen molar-refractivity contribution in [3.8, 4) is 0 Å². The second-order valence-electron chi connectivity index (χ2n) is 3.47. The summed E-state index contributed by atoms with van der Waals surface area (Å²) in [6.07, 6.45) is 4.25. The molecule has 2 heterocycles. The largest absolute Gasteiger partial charge is 0.317 e. The summed E-state index contributed by atoms with van der Waals surface area (Å²) in [6, 6.07) is 4.12. The van der Waals surface area contributed by atoms with Crippen LogP contribution in [0.25, 0.3) is 0 Å². The van der Waals surface area contributed by atoms with Crippen molar-refractivity contribution in [1.82, 2.24) is 10.3 Å². The first-order valence-corrected chi connectivity index (χ1v) is 5.16. The van der Waals surface area contributed by atoms with Crippen molar-refractivity contribution in [1.29, 1.82) is 0 Å². The van der Waals surface area contributed by atoms with Crippen LogP contribution in [-0.4, -0.2) is 18.1 Å². The van der Waals surface area contributed by atoms with Gasteiger partial charge in [0.05, 0.1) is 0 Å². The number of nitrogens with zero attached hydrogens (tertiary/aromatic N) is 1. The summed E-state index contributed by atoms with van der Waals surface area (Å²) in [4.78, 5) is 5.34. The number of pyridine rings is 1. The van der Waals surface area contributed by atoms with Gasteiger partial charge in [-0.2, -0.15) is 0 Å². The summed E-state index contributed by atoms with van der Waals surface area (Å²) < 4.78 is 0. The highest BCUT2D eigenvalue weighted by molar-refractivity contribution is 7.80. The van der Waals surface area contributed by atoms with Gasteiger partial charge in [0.2, 0.25) is 0 Å². The van der Waals surface area contributed by atoms with Gasteiger partial charge < -0.3 is 5.32 Å². The molecule has 0 amide bonds. The predicted octanol–water partition coefficient (Wildman–Crippen LogP) is 1.84. The number of rotatable bonds is 1. The van der Waals surface area contributed by atoms with E-state index in [0.717, 1.165) is 18.0 Å². The molecule has 1 aromatic rings. The van der Waals surface area contributed by atoms with Crippen LogP contribution in [0.5, 0.6) is 0 Å². The molecule has 1 aliphatic heterocycles. The van der Waals surface area contributed by atoms with Crippen molar-refractivity contribution in [2.75, 3.05) is 13.1 Å². The fourth-order valence-corrected chi connectivity index (χ4v) is 1.89. The highest BCUT2D eigenvalue weighted by Crippen LogP contribution is 2.23. The molecular formula is C10H14N2S. The zero-order chi connectivity index (χ0) is 9.10. The summed E-state index contributed by atoms with van der Waals surface area (Å²) >= 11 is 4.22. The molecule has 13 heavy (non-hydrogen) atoms. The molecule has 1 N–H and O–H groups in total. The summed E-state index contributed by atoms with van der Waals surface area (Å²) in [5.74, 6) is 0.648. The second-order valence-corrected chi connectivity index (χ2v) is 3.98. The smallest absolute Gasteiger partial charge is 0.0436 e. The minimum atomic E-state index is 0.648. The van der Waals surface area contributed by atoms with Crippen LogP contribution in [0.1, 0.15) is 24.5 Å². The van der Waals surface area contributed by atoms with Gasteiger partial charge in [-0.1, -0.05) is 0 Å². The van der Waals surface area contributed by atoms with Crippen molar-refractivity contribution in [3.63, 3.8) is 0 Å². The number of piperidine rings is 1. The molecule has 2 nitrogen and oxygen atoms in total. The Balaban J connectivity index is 2.10. The minimum absolute atomic E-state index is 0.648. The molecule has 1 saturated heterocycles. The van der Waals surface area contributed by atoms with Crippen LogP contribution in [0.2, 0.25) is 0 Å². The lowest BCUT2D eigenvalue weighted by molar-refractivity contribution is 0.453. The Labute approximate surface area is 84.2 Å². The normalized spacial score (nSPS) is 18.8. The van der Waals surface area contributed by atoms with Gasteiger partial charge in [-0.15, -0.1) is 12.6 Å². The third-order valence-electron chi connectivity index (χ3n) is 2.53. The Morgan fingerprint density at radius 3 is 2.69 bits per heavy atom. The lowest BCUT2D eigenvalue weighted by Crippen LogP contribution is -2.26. The molecule has 0 aromatic carbocycles. The summed E-state index contributed by atoms with van der Waals surface area (Å²) in [5, 5.41) is 3.35. The molecule has 1 fully saturated rings. The minimum Gasteiger partial charge on any atom is -0.317 e. The second kappa shape index (κ2) is 4.11. The molecular weight excluding hydrogens is 180 g/mol. The molecule has 0 radical (unpaired) electrons. The first kappa shape index (κ1) is 9.03. The van der Waals surface area contributed by atoms with Gasteiger partial charge >= 0.3 is 0 Å². The lowest BCUT2D eigenvalue weighted by Gasteiger charge is -2.21. The highest BCUT2D eigenvalue weighted by atomic mass is 32.1. The fraction of sp³-hybridized carbons (Fsp3) is 0.500. The van der Waals surface area contributed by atoms with Crippen LogP contribution >= 0.6 is 12.6 Å². The van der Waals surface area contributed by atoms with E-state index >= 15 is 0 Å². The van der Waals surface area contributed by atoms with E-state index in [-0.39, 0.29) is 0 Å². The van der Waals surface area contributed by atoms with Gasteiger partial charge in [-0.3, -0.25) is 4.98 Å². The number of aromatic nitrogens is 1. The summed E-state index contributed by atoms with van der Waals surface area (Å²) in [7, 11) is 0. The SMILES string of the molecule is Sc1ccc(C2CCNCC2)nc1. The Morgan fingerprint density at radius 2 is 2.08 bits per heavy atom. The molecule has 0 aliphatic carbocycles. The first-order valence-electron chi connectivity index (χ1n) is 4.72. The van der Waals surface area contributed by atoms with Crippen molar-refractivity contribution < 1.29 is 0 Å². The Hall–Kier alpha value is -0.540. The number of nitrogens with one attached hydrogen (secondary N) is 1. The van der Waals surface area contributed by atoms with E-state index < -0.39 is 0 Å². The van der Waals surface area contributed by atoms with Crippen LogP contribution < -0.4 is 5.32 Å². The summed E-state index contributed by atoms with van der Waals surface area (Å²) in [6.45, 7) is 2.24. The Kier molecular flexibility index (Phi) is 2.86. The molecule has 70 valence electrons. The van der Waals surface area contributed by atoms with Crippen molar-refractivity contribution in [3.05, 3.63) is 24.0 Å². The van der Waals surface area contributed by atoms with Crippen LogP contribution in [0.3, 0.4) is 0 Å². The maximum absolute atomic E-state index is 4.40. The molecule has 0 atom stereocenters. The van der Waals surface area contributed by atoms with Gasteiger partial charge in [0.25, 0.3) is 0 Å². The third kappa shape index (κ3) is 2.23. The van der Waals surface area contributed by atoms with Crippen molar-refractivity contribution in [2.24, 2.45) is 0 Å². The van der Waals surface area contributed by atoms with Gasteiger partial charge in [0.15, 0.2) is 0 Å². The highest BCUT2D eigenvalue weighted by Gasteiger charge is 2.15. The van der Waals surface area contributed by atoms with Gasteiger partial charge in [0.1, 0.15) is 0 Å².